The van der Waals surface area contributed by atoms with E-state index in [1.807, 2.05) is 0 Å². The lowest BCUT2D eigenvalue weighted by Crippen LogP contribution is -2.11. The predicted molar refractivity (Wildman–Crippen MR) is 72.3 cm³/mol. The predicted octanol–water partition coefficient (Wildman–Crippen LogP) is 3.38. The van der Waals surface area contributed by atoms with Crippen molar-refractivity contribution < 1.29 is 27.4 Å². The molecule has 4 nitrogen and oxygen atoms in total. The van der Waals surface area contributed by atoms with Crippen molar-refractivity contribution in [3.05, 3.63) is 24.3 Å². The number of alkyl halides is 3. The summed E-state index contributed by atoms with van der Waals surface area (Å²) in [5, 5.41) is 3.03. The van der Waals surface area contributed by atoms with E-state index in [1.54, 1.807) is 24.3 Å². The zero-order valence-corrected chi connectivity index (χ0v) is 11.7. The van der Waals surface area contributed by atoms with Gasteiger partial charge in [0.25, 0.3) is 0 Å². The van der Waals surface area contributed by atoms with Crippen LogP contribution in [0.4, 0.5) is 18.9 Å². The van der Waals surface area contributed by atoms with Gasteiger partial charge in [-0.25, -0.2) is 0 Å². The molecule has 1 N–H and O–H groups in total. The van der Waals surface area contributed by atoms with Crippen LogP contribution in [0.2, 0.25) is 0 Å². The molecule has 0 saturated heterocycles. The molecule has 0 spiro atoms. The van der Waals surface area contributed by atoms with E-state index in [0.29, 0.717) is 12.3 Å². The maximum Gasteiger partial charge on any atom is 0.389 e. The SMILES string of the molecule is CC(=O)OCCNc1ccc(OCCCC(F)(F)F)cc1. The van der Waals surface area contributed by atoms with Crippen LogP contribution in [-0.2, 0) is 9.53 Å². The minimum Gasteiger partial charge on any atom is -0.494 e. The van der Waals surface area contributed by atoms with Crippen molar-refractivity contribution >= 4 is 11.7 Å². The molecule has 118 valence electrons. The zero-order valence-electron chi connectivity index (χ0n) is 11.7. The molecule has 0 heterocycles. The van der Waals surface area contributed by atoms with E-state index >= 15 is 0 Å². The Kier molecular flexibility index (Phi) is 6.84. The number of ether oxygens (including phenoxy) is 2. The number of nitrogens with one attached hydrogen (secondary N) is 1. The molecule has 1 aromatic rings. The summed E-state index contributed by atoms with van der Waals surface area (Å²) in [6, 6.07) is 6.82. The highest BCUT2D eigenvalue weighted by Gasteiger charge is 2.26. The van der Waals surface area contributed by atoms with E-state index in [2.05, 4.69) is 5.32 Å². The smallest absolute Gasteiger partial charge is 0.389 e. The normalized spacial score (nSPS) is 11.0. The van der Waals surface area contributed by atoms with Crippen molar-refractivity contribution in [3.8, 4) is 5.75 Å². The van der Waals surface area contributed by atoms with E-state index < -0.39 is 12.6 Å². The first-order valence-corrected chi connectivity index (χ1v) is 6.54. The summed E-state index contributed by atoms with van der Waals surface area (Å²) in [6.45, 7) is 2.11. The monoisotopic (exact) mass is 305 g/mol. The van der Waals surface area contributed by atoms with Gasteiger partial charge in [0.15, 0.2) is 0 Å². The van der Waals surface area contributed by atoms with Crippen LogP contribution in [-0.4, -0.2) is 31.9 Å². The maximum absolute atomic E-state index is 11.9. The number of halogens is 3. The third-order valence-corrected chi connectivity index (χ3v) is 2.46. The van der Waals surface area contributed by atoms with Gasteiger partial charge >= 0.3 is 12.1 Å². The Hall–Kier alpha value is -1.92. The minimum atomic E-state index is -4.14. The summed E-state index contributed by atoms with van der Waals surface area (Å²) < 4.78 is 45.8. The lowest BCUT2D eigenvalue weighted by Gasteiger charge is -2.10. The van der Waals surface area contributed by atoms with Crippen molar-refractivity contribution in [1.29, 1.82) is 0 Å². The van der Waals surface area contributed by atoms with E-state index in [9.17, 15) is 18.0 Å². The Morgan fingerprint density at radius 3 is 2.43 bits per heavy atom. The summed E-state index contributed by atoms with van der Waals surface area (Å²) in [5.74, 6) is 0.183. The second kappa shape index (κ2) is 8.39. The van der Waals surface area contributed by atoms with Crippen molar-refractivity contribution in [1.82, 2.24) is 0 Å². The Balaban J connectivity index is 2.22. The quantitative estimate of drug-likeness (QED) is 0.591. The summed E-state index contributed by atoms with van der Waals surface area (Å²) >= 11 is 0. The lowest BCUT2D eigenvalue weighted by atomic mass is 10.3. The van der Waals surface area contributed by atoms with Gasteiger partial charge in [-0.1, -0.05) is 0 Å². The standard InChI is InChI=1S/C14H18F3NO3/c1-11(19)20-10-8-18-12-3-5-13(6-4-12)21-9-2-7-14(15,16)17/h3-6,18H,2,7-10H2,1H3. The fourth-order valence-electron chi connectivity index (χ4n) is 1.52. The number of carbonyl (C=O) groups excluding carboxylic acids is 1. The van der Waals surface area contributed by atoms with Crippen molar-refractivity contribution in [2.45, 2.75) is 25.9 Å². The highest BCUT2D eigenvalue weighted by Crippen LogP contribution is 2.22. The second-order valence-electron chi connectivity index (χ2n) is 4.36. The molecule has 0 aromatic heterocycles. The highest BCUT2D eigenvalue weighted by atomic mass is 19.4. The first kappa shape index (κ1) is 17.1. The molecule has 0 saturated carbocycles. The largest absolute Gasteiger partial charge is 0.494 e. The third kappa shape index (κ3) is 8.78. The van der Waals surface area contributed by atoms with Crippen LogP contribution in [0.1, 0.15) is 19.8 Å². The molecule has 0 aliphatic rings. The number of benzene rings is 1. The Bertz CT molecular complexity index is 432. The van der Waals surface area contributed by atoms with Crippen LogP contribution >= 0.6 is 0 Å². The van der Waals surface area contributed by atoms with Gasteiger partial charge in [0, 0.05) is 25.6 Å². The van der Waals surface area contributed by atoms with E-state index in [4.69, 9.17) is 9.47 Å². The topological polar surface area (TPSA) is 47.6 Å². The maximum atomic E-state index is 11.9. The van der Waals surface area contributed by atoms with E-state index in [-0.39, 0.29) is 25.6 Å². The molecule has 1 rings (SSSR count). The van der Waals surface area contributed by atoms with Crippen LogP contribution < -0.4 is 10.1 Å². The molecule has 0 aliphatic carbocycles. The number of esters is 1. The molecule has 7 heteroatoms. The fourth-order valence-corrected chi connectivity index (χ4v) is 1.52. The van der Waals surface area contributed by atoms with Crippen molar-refractivity contribution in [2.24, 2.45) is 0 Å². The van der Waals surface area contributed by atoms with Crippen LogP contribution in [0.3, 0.4) is 0 Å². The fraction of sp³-hybridized carbons (Fsp3) is 0.500. The lowest BCUT2D eigenvalue weighted by molar-refractivity contribution is -0.140. The minimum absolute atomic E-state index is 0.0265. The molecule has 0 radical (unpaired) electrons. The summed E-state index contributed by atoms with van der Waals surface area (Å²) in [7, 11) is 0. The van der Waals surface area contributed by atoms with Crippen LogP contribution in [0.15, 0.2) is 24.3 Å². The molecule has 0 fully saturated rings. The summed E-state index contributed by atoms with van der Waals surface area (Å²) in [4.78, 5) is 10.5. The number of hydrogen-bond acceptors (Lipinski definition) is 4. The van der Waals surface area contributed by atoms with Gasteiger partial charge in [-0.15, -0.1) is 0 Å². The van der Waals surface area contributed by atoms with Gasteiger partial charge in [-0.05, 0) is 30.7 Å². The summed E-state index contributed by atoms with van der Waals surface area (Å²) in [6.07, 6.45) is -5.05. The molecule has 0 unspecified atom stereocenters. The van der Waals surface area contributed by atoms with Gasteiger partial charge in [0.2, 0.25) is 0 Å². The molecule has 0 atom stereocenters. The molecule has 0 aliphatic heterocycles. The molecule has 21 heavy (non-hydrogen) atoms. The first-order valence-electron chi connectivity index (χ1n) is 6.54. The van der Waals surface area contributed by atoms with Gasteiger partial charge < -0.3 is 14.8 Å². The first-order chi connectivity index (χ1) is 9.87. The Labute approximate surface area is 121 Å². The third-order valence-electron chi connectivity index (χ3n) is 2.46. The second-order valence-corrected chi connectivity index (χ2v) is 4.36. The Morgan fingerprint density at radius 1 is 1.19 bits per heavy atom. The van der Waals surface area contributed by atoms with Crippen LogP contribution in [0, 0.1) is 0 Å². The van der Waals surface area contributed by atoms with Gasteiger partial charge in [0.1, 0.15) is 12.4 Å². The van der Waals surface area contributed by atoms with Crippen molar-refractivity contribution in [2.75, 3.05) is 25.1 Å². The van der Waals surface area contributed by atoms with E-state index in [0.717, 1.165) is 5.69 Å². The van der Waals surface area contributed by atoms with Gasteiger partial charge in [0.05, 0.1) is 6.61 Å². The average molecular weight is 305 g/mol. The number of carbonyl (C=O) groups is 1. The number of anilines is 1. The van der Waals surface area contributed by atoms with Crippen LogP contribution in [0.5, 0.6) is 5.75 Å². The average Bonchev–Trinajstić information content (AvgIpc) is 2.40. The van der Waals surface area contributed by atoms with Crippen molar-refractivity contribution in [3.63, 3.8) is 0 Å². The molecule has 0 bridgehead atoms. The van der Waals surface area contributed by atoms with E-state index in [1.165, 1.54) is 6.92 Å². The zero-order chi connectivity index (χ0) is 15.7. The van der Waals surface area contributed by atoms with Crippen LogP contribution in [0.25, 0.3) is 0 Å². The molecule has 0 amide bonds. The highest BCUT2D eigenvalue weighted by molar-refractivity contribution is 5.65. The number of rotatable bonds is 8. The Morgan fingerprint density at radius 2 is 1.86 bits per heavy atom. The molecular weight excluding hydrogens is 287 g/mol. The number of hydrogen-bond donors (Lipinski definition) is 1. The summed E-state index contributed by atoms with van der Waals surface area (Å²) in [5.41, 5.74) is 0.810. The molecular formula is C14H18F3NO3. The van der Waals surface area contributed by atoms with Gasteiger partial charge in [-0.3, -0.25) is 4.79 Å². The molecule has 1 aromatic carbocycles. The van der Waals surface area contributed by atoms with Gasteiger partial charge in [-0.2, -0.15) is 13.2 Å².